The number of nitrogens with zero attached hydrogens (tertiary/aromatic N) is 1. The van der Waals surface area contributed by atoms with Crippen LogP contribution in [0.3, 0.4) is 0 Å². The number of carbonyl (C=O) groups excluding carboxylic acids is 1. The van der Waals surface area contributed by atoms with Crippen LogP contribution in [0.25, 0.3) is 5.57 Å². The number of ether oxygens (including phenoxy) is 1. The zero-order chi connectivity index (χ0) is 17.3. The summed E-state index contributed by atoms with van der Waals surface area (Å²) in [5.74, 6) is 0. The molecule has 0 aromatic heterocycles. The van der Waals surface area contributed by atoms with Gasteiger partial charge in [-0.1, -0.05) is 30.4 Å². The van der Waals surface area contributed by atoms with Crippen molar-refractivity contribution in [2.24, 2.45) is 0 Å². The number of rotatable bonds is 3. The third kappa shape index (κ3) is 3.94. The van der Waals surface area contributed by atoms with Crippen molar-refractivity contribution in [1.29, 1.82) is 0 Å². The molecular weight excluding hydrogens is 288 g/mol. The largest absolute Gasteiger partial charge is 0.377 e. The molecule has 4 heteroatoms. The van der Waals surface area contributed by atoms with Crippen LogP contribution in [0.15, 0.2) is 30.8 Å². The average molecular weight is 316 g/mol. The summed E-state index contributed by atoms with van der Waals surface area (Å²) in [6.45, 7) is 15.8. The fourth-order valence-electron chi connectivity index (χ4n) is 2.82. The number of urea groups is 1. The predicted octanol–water partition coefficient (Wildman–Crippen LogP) is 3.78. The van der Waals surface area contributed by atoms with Gasteiger partial charge in [0.05, 0.1) is 24.3 Å². The second-order valence-corrected chi connectivity index (χ2v) is 7.43. The van der Waals surface area contributed by atoms with Gasteiger partial charge in [0.1, 0.15) is 0 Å². The van der Waals surface area contributed by atoms with Crippen molar-refractivity contribution >= 4 is 11.6 Å². The van der Waals surface area contributed by atoms with E-state index in [-0.39, 0.29) is 11.6 Å². The lowest BCUT2D eigenvalue weighted by molar-refractivity contribution is -0.0290. The molecule has 1 saturated heterocycles. The van der Waals surface area contributed by atoms with E-state index in [0.29, 0.717) is 19.8 Å². The summed E-state index contributed by atoms with van der Waals surface area (Å²) in [5.41, 5.74) is 2.42. The quantitative estimate of drug-likeness (QED) is 0.922. The molecule has 0 radical (unpaired) electrons. The van der Waals surface area contributed by atoms with Gasteiger partial charge in [-0.3, -0.25) is 0 Å². The Balaban J connectivity index is 2.18. The maximum atomic E-state index is 12.8. The molecule has 4 nitrogen and oxygen atoms in total. The molecule has 1 fully saturated rings. The minimum absolute atomic E-state index is 0.0518. The lowest BCUT2D eigenvalue weighted by Crippen LogP contribution is -2.60. The smallest absolute Gasteiger partial charge is 0.318 e. The van der Waals surface area contributed by atoms with E-state index >= 15 is 0 Å². The van der Waals surface area contributed by atoms with Gasteiger partial charge in [0.2, 0.25) is 0 Å². The van der Waals surface area contributed by atoms with E-state index < -0.39 is 5.54 Å². The number of benzene rings is 1. The molecule has 0 aliphatic carbocycles. The van der Waals surface area contributed by atoms with Crippen LogP contribution in [0.1, 0.15) is 45.7 Å². The Labute approximate surface area is 139 Å². The van der Waals surface area contributed by atoms with Crippen LogP contribution in [-0.2, 0) is 10.3 Å². The van der Waals surface area contributed by atoms with E-state index in [1.807, 2.05) is 57.7 Å². The van der Waals surface area contributed by atoms with E-state index in [9.17, 15) is 4.79 Å². The van der Waals surface area contributed by atoms with Crippen molar-refractivity contribution in [1.82, 2.24) is 10.2 Å². The summed E-state index contributed by atoms with van der Waals surface area (Å²) in [6, 6.07) is 8.12. The molecule has 1 aromatic rings. The summed E-state index contributed by atoms with van der Waals surface area (Å²) in [4.78, 5) is 14.6. The summed E-state index contributed by atoms with van der Waals surface area (Å²) in [7, 11) is 0. The zero-order valence-corrected chi connectivity index (χ0v) is 14.9. The molecule has 126 valence electrons. The molecule has 0 unspecified atom stereocenters. The van der Waals surface area contributed by atoms with Crippen molar-refractivity contribution < 1.29 is 9.53 Å². The first kappa shape index (κ1) is 17.5. The Morgan fingerprint density at radius 2 is 2.09 bits per heavy atom. The first-order valence-corrected chi connectivity index (χ1v) is 8.07. The van der Waals surface area contributed by atoms with Crippen LogP contribution in [0, 0.1) is 0 Å². The highest BCUT2D eigenvalue weighted by molar-refractivity contribution is 5.76. The lowest BCUT2D eigenvalue weighted by Gasteiger charge is -2.43. The van der Waals surface area contributed by atoms with Gasteiger partial charge in [-0.05, 0) is 51.8 Å². The fraction of sp³-hybridized carbons (Fsp3) is 0.526. The zero-order valence-electron chi connectivity index (χ0n) is 14.9. The number of hydrogen-bond acceptors (Lipinski definition) is 2. The monoisotopic (exact) mass is 316 g/mol. The molecule has 1 aliphatic rings. The standard InChI is InChI=1S/C19H28N2O2/c1-14(2)15-8-7-9-16(12-15)19(5,6)20-17(22)21-10-11-23-13-18(21,3)4/h7-9,12H,1,10-11,13H2,2-6H3,(H,20,22). The molecule has 0 bridgehead atoms. The molecule has 1 aliphatic heterocycles. The number of morpholine rings is 1. The maximum absolute atomic E-state index is 12.8. The minimum atomic E-state index is -0.461. The second kappa shape index (κ2) is 6.36. The van der Waals surface area contributed by atoms with Gasteiger partial charge >= 0.3 is 6.03 Å². The van der Waals surface area contributed by atoms with E-state index in [1.165, 1.54) is 0 Å². The first-order chi connectivity index (χ1) is 10.6. The molecule has 23 heavy (non-hydrogen) atoms. The minimum Gasteiger partial charge on any atom is -0.377 e. The maximum Gasteiger partial charge on any atom is 0.318 e. The molecule has 0 spiro atoms. The van der Waals surface area contributed by atoms with Crippen LogP contribution < -0.4 is 5.32 Å². The van der Waals surface area contributed by atoms with Gasteiger partial charge in [0, 0.05) is 6.54 Å². The van der Waals surface area contributed by atoms with Gasteiger partial charge in [-0.2, -0.15) is 0 Å². The van der Waals surface area contributed by atoms with Crippen molar-refractivity contribution in [3.63, 3.8) is 0 Å². The topological polar surface area (TPSA) is 41.6 Å². The summed E-state index contributed by atoms with van der Waals surface area (Å²) in [5, 5.41) is 3.17. The van der Waals surface area contributed by atoms with E-state index in [4.69, 9.17) is 4.74 Å². The Hall–Kier alpha value is -1.81. The molecule has 0 saturated carbocycles. The fourth-order valence-corrected chi connectivity index (χ4v) is 2.82. The lowest BCUT2D eigenvalue weighted by atomic mass is 9.91. The predicted molar refractivity (Wildman–Crippen MR) is 94.3 cm³/mol. The van der Waals surface area contributed by atoms with Crippen LogP contribution in [0.2, 0.25) is 0 Å². The third-order valence-corrected chi connectivity index (χ3v) is 4.39. The van der Waals surface area contributed by atoms with Gasteiger partial charge in [0.25, 0.3) is 0 Å². The number of nitrogens with one attached hydrogen (secondary N) is 1. The van der Waals surface area contributed by atoms with E-state index in [1.54, 1.807) is 0 Å². The van der Waals surface area contributed by atoms with Crippen molar-refractivity contribution in [3.8, 4) is 0 Å². The van der Waals surface area contributed by atoms with Gasteiger partial charge < -0.3 is 15.0 Å². The number of hydrogen-bond donors (Lipinski definition) is 1. The summed E-state index contributed by atoms with van der Waals surface area (Å²) < 4.78 is 5.49. The first-order valence-electron chi connectivity index (χ1n) is 8.07. The third-order valence-electron chi connectivity index (χ3n) is 4.39. The normalized spacial score (nSPS) is 17.7. The molecule has 2 rings (SSSR count). The van der Waals surface area contributed by atoms with Crippen LogP contribution in [0.4, 0.5) is 4.79 Å². The highest BCUT2D eigenvalue weighted by Gasteiger charge is 2.36. The van der Waals surface area contributed by atoms with E-state index in [0.717, 1.165) is 16.7 Å². The van der Waals surface area contributed by atoms with Gasteiger partial charge in [-0.15, -0.1) is 0 Å². The van der Waals surface area contributed by atoms with E-state index in [2.05, 4.69) is 18.0 Å². The number of allylic oxidation sites excluding steroid dienone is 1. The Morgan fingerprint density at radius 3 is 2.70 bits per heavy atom. The summed E-state index contributed by atoms with van der Waals surface area (Å²) in [6.07, 6.45) is 0. The molecule has 1 aromatic carbocycles. The highest BCUT2D eigenvalue weighted by Crippen LogP contribution is 2.25. The molecular formula is C19H28N2O2. The Kier molecular flexibility index (Phi) is 4.85. The molecule has 1 N–H and O–H groups in total. The van der Waals surface area contributed by atoms with Gasteiger partial charge in [-0.25, -0.2) is 4.79 Å². The molecule has 2 amide bonds. The Morgan fingerprint density at radius 1 is 1.39 bits per heavy atom. The van der Waals surface area contributed by atoms with Gasteiger partial charge in [0.15, 0.2) is 0 Å². The number of carbonyl (C=O) groups is 1. The number of amides is 2. The molecule has 0 atom stereocenters. The van der Waals surface area contributed by atoms with Crippen molar-refractivity contribution in [2.45, 2.75) is 45.7 Å². The van der Waals surface area contributed by atoms with Crippen molar-refractivity contribution in [3.05, 3.63) is 42.0 Å². The second-order valence-electron chi connectivity index (χ2n) is 7.43. The van der Waals surface area contributed by atoms with Crippen molar-refractivity contribution in [2.75, 3.05) is 19.8 Å². The summed E-state index contributed by atoms with van der Waals surface area (Å²) >= 11 is 0. The van der Waals surface area contributed by atoms with Crippen LogP contribution in [0.5, 0.6) is 0 Å². The SMILES string of the molecule is C=C(C)c1cccc(C(C)(C)NC(=O)N2CCOCC2(C)C)c1. The Bertz CT molecular complexity index is 605. The van der Waals surface area contributed by atoms with Crippen LogP contribution >= 0.6 is 0 Å². The molecule has 1 heterocycles. The van der Waals surface area contributed by atoms with Crippen LogP contribution in [-0.4, -0.2) is 36.2 Å². The average Bonchev–Trinajstić information content (AvgIpc) is 2.46. The highest BCUT2D eigenvalue weighted by atomic mass is 16.5.